The first-order valence-corrected chi connectivity index (χ1v) is 6.30. The maximum atomic E-state index is 11.3. The Morgan fingerprint density at radius 3 is 2.42 bits per heavy atom. The van der Waals surface area contributed by atoms with Gasteiger partial charge in [0.1, 0.15) is 0 Å². The molecule has 4 heteroatoms. The van der Waals surface area contributed by atoms with Crippen LogP contribution in [0.25, 0.3) is 0 Å². The van der Waals surface area contributed by atoms with Gasteiger partial charge in [-0.25, -0.2) is 4.79 Å². The second-order valence-corrected chi connectivity index (χ2v) is 4.44. The van der Waals surface area contributed by atoms with Crippen molar-refractivity contribution in [2.45, 2.75) is 32.7 Å². The van der Waals surface area contributed by atoms with Crippen molar-refractivity contribution in [3.05, 3.63) is 47.5 Å². The molecule has 0 radical (unpaired) electrons. The van der Waals surface area contributed by atoms with Crippen LogP contribution in [0.5, 0.6) is 0 Å². The molecular formula is C15H19NO3. The molecule has 0 saturated heterocycles. The lowest BCUT2D eigenvalue weighted by Gasteiger charge is -2.09. The molecule has 1 rings (SSSR count). The quantitative estimate of drug-likeness (QED) is 0.773. The fourth-order valence-corrected chi connectivity index (χ4v) is 1.59. The molecule has 0 bridgehead atoms. The first-order valence-electron chi connectivity index (χ1n) is 6.30. The van der Waals surface area contributed by atoms with Crippen LogP contribution < -0.4 is 5.32 Å². The average Bonchev–Trinajstić information content (AvgIpc) is 2.42. The molecule has 0 aliphatic heterocycles. The summed E-state index contributed by atoms with van der Waals surface area (Å²) in [5.74, 6) is -1.01. The Labute approximate surface area is 113 Å². The standard InChI is InChI=1S/C15H19NO3/c1-3-11(2)13-6-4-12(5-7-13)10-16-14(17)8-9-15(18)19/h4-9,11H,3,10H2,1-2H3,(H,16,17)(H,18,19)/b9-8+. The van der Waals surface area contributed by atoms with Crippen LogP contribution in [0.2, 0.25) is 0 Å². The lowest BCUT2D eigenvalue weighted by atomic mass is 9.98. The van der Waals surface area contributed by atoms with E-state index in [1.165, 1.54) is 5.56 Å². The Morgan fingerprint density at radius 2 is 1.89 bits per heavy atom. The monoisotopic (exact) mass is 261 g/mol. The molecule has 1 amide bonds. The molecule has 0 aromatic heterocycles. The van der Waals surface area contributed by atoms with E-state index < -0.39 is 11.9 Å². The van der Waals surface area contributed by atoms with Gasteiger partial charge in [-0.1, -0.05) is 38.1 Å². The zero-order chi connectivity index (χ0) is 14.3. The number of hydrogen-bond donors (Lipinski definition) is 2. The Morgan fingerprint density at radius 1 is 1.26 bits per heavy atom. The maximum absolute atomic E-state index is 11.3. The zero-order valence-electron chi connectivity index (χ0n) is 11.2. The van der Waals surface area contributed by atoms with Crippen molar-refractivity contribution in [2.75, 3.05) is 0 Å². The van der Waals surface area contributed by atoms with E-state index in [4.69, 9.17) is 5.11 Å². The summed E-state index contributed by atoms with van der Waals surface area (Å²) in [5.41, 5.74) is 2.27. The first-order chi connectivity index (χ1) is 9.02. The minimum Gasteiger partial charge on any atom is -0.478 e. The third-order valence-electron chi connectivity index (χ3n) is 3.01. The van der Waals surface area contributed by atoms with Crippen molar-refractivity contribution in [1.29, 1.82) is 0 Å². The lowest BCUT2D eigenvalue weighted by Crippen LogP contribution is -2.20. The number of rotatable bonds is 6. The average molecular weight is 261 g/mol. The minimum absolute atomic E-state index is 0.392. The molecule has 1 atom stereocenters. The van der Waals surface area contributed by atoms with Crippen LogP contribution >= 0.6 is 0 Å². The molecule has 0 aliphatic rings. The van der Waals surface area contributed by atoms with Gasteiger partial charge in [-0.2, -0.15) is 0 Å². The van der Waals surface area contributed by atoms with E-state index in [9.17, 15) is 9.59 Å². The van der Waals surface area contributed by atoms with Crippen molar-refractivity contribution in [3.8, 4) is 0 Å². The third kappa shape index (κ3) is 5.38. The molecule has 1 aromatic carbocycles. The second kappa shape index (κ2) is 7.36. The number of carboxylic acids is 1. The van der Waals surface area contributed by atoms with Crippen LogP contribution in [0, 0.1) is 0 Å². The van der Waals surface area contributed by atoms with E-state index in [1.54, 1.807) is 0 Å². The number of aliphatic carboxylic acids is 1. The predicted molar refractivity (Wildman–Crippen MR) is 73.8 cm³/mol. The molecule has 0 heterocycles. The molecule has 0 fully saturated rings. The van der Waals surface area contributed by atoms with E-state index >= 15 is 0 Å². The number of carboxylic acid groups (broad SMARTS) is 1. The van der Waals surface area contributed by atoms with E-state index in [0.29, 0.717) is 12.5 Å². The summed E-state index contributed by atoms with van der Waals surface area (Å²) in [6.07, 6.45) is 2.92. The highest BCUT2D eigenvalue weighted by molar-refractivity contribution is 5.93. The predicted octanol–water partition coefficient (Wildman–Crippen LogP) is 2.46. The van der Waals surface area contributed by atoms with Crippen molar-refractivity contribution >= 4 is 11.9 Å². The van der Waals surface area contributed by atoms with Crippen LogP contribution in [0.4, 0.5) is 0 Å². The summed E-state index contributed by atoms with van der Waals surface area (Å²) >= 11 is 0. The smallest absolute Gasteiger partial charge is 0.328 e. The number of carbonyl (C=O) groups excluding carboxylic acids is 1. The van der Waals surface area contributed by atoms with Gasteiger partial charge in [-0.05, 0) is 23.5 Å². The number of benzene rings is 1. The molecule has 2 N–H and O–H groups in total. The molecule has 19 heavy (non-hydrogen) atoms. The topological polar surface area (TPSA) is 66.4 Å². The van der Waals surface area contributed by atoms with Gasteiger partial charge in [0.25, 0.3) is 0 Å². The molecule has 0 saturated carbocycles. The molecule has 1 unspecified atom stereocenters. The van der Waals surface area contributed by atoms with E-state index in [1.807, 2.05) is 12.1 Å². The second-order valence-electron chi connectivity index (χ2n) is 4.44. The molecule has 102 valence electrons. The van der Waals surface area contributed by atoms with E-state index in [2.05, 4.69) is 31.3 Å². The molecule has 0 spiro atoms. The largest absolute Gasteiger partial charge is 0.478 e. The summed E-state index contributed by atoms with van der Waals surface area (Å²) in [5, 5.41) is 11.0. The third-order valence-corrected chi connectivity index (χ3v) is 3.01. The Bertz CT molecular complexity index is 463. The van der Waals surface area contributed by atoms with E-state index in [-0.39, 0.29) is 0 Å². The van der Waals surface area contributed by atoms with Crippen LogP contribution in [0.15, 0.2) is 36.4 Å². The van der Waals surface area contributed by atoms with Gasteiger partial charge in [0.05, 0.1) is 0 Å². The van der Waals surface area contributed by atoms with Gasteiger partial charge in [-0.3, -0.25) is 4.79 Å². The fourth-order valence-electron chi connectivity index (χ4n) is 1.59. The highest BCUT2D eigenvalue weighted by Gasteiger charge is 2.03. The SMILES string of the molecule is CCC(C)c1ccc(CNC(=O)/C=C/C(=O)O)cc1. The molecular weight excluding hydrogens is 242 g/mol. The van der Waals surface area contributed by atoms with Gasteiger partial charge in [0, 0.05) is 18.7 Å². The van der Waals surface area contributed by atoms with Gasteiger partial charge in [-0.15, -0.1) is 0 Å². The Hall–Kier alpha value is -2.10. The van der Waals surface area contributed by atoms with Crippen molar-refractivity contribution in [2.24, 2.45) is 0 Å². The summed E-state index contributed by atoms with van der Waals surface area (Å²) in [4.78, 5) is 21.5. The Balaban J connectivity index is 2.50. The normalized spacial score (nSPS) is 12.3. The van der Waals surface area contributed by atoms with Gasteiger partial charge in [0.2, 0.25) is 5.91 Å². The summed E-state index contributed by atoms with van der Waals surface area (Å²) in [6, 6.07) is 8.07. The number of nitrogens with one attached hydrogen (secondary N) is 1. The Kier molecular flexibility index (Phi) is 5.79. The highest BCUT2D eigenvalue weighted by Crippen LogP contribution is 2.18. The van der Waals surface area contributed by atoms with Crippen LogP contribution in [-0.2, 0) is 16.1 Å². The molecule has 0 aliphatic carbocycles. The lowest BCUT2D eigenvalue weighted by molar-refractivity contribution is -0.131. The summed E-state index contributed by atoms with van der Waals surface area (Å²) < 4.78 is 0. The van der Waals surface area contributed by atoms with Gasteiger partial charge in [0.15, 0.2) is 0 Å². The summed E-state index contributed by atoms with van der Waals surface area (Å²) in [6.45, 7) is 4.71. The summed E-state index contributed by atoms with van der Waals surface area (Å²) in [7, 11) is 0. The van der Waals surface area contributed by atoms with Crippen LogP contribution in [-0.4, -0.2) is 17.0 Å². The fraction of sp³-hybridized carbons (Fsp3) is 0.333. The van der Waals surface area contributed by atoms with Gasteiger partial charge < -0.3 is 10.4 Å². The maximum Gasteiger partial charge on any atom is 0.328 e. The van der Waals surface area contributed by atoms with Crippen LogP contribution in [0.3, 0.4) is 0 Å². The van der Waals surface area contributed by atoms with E-state index in [0.717, 1.165) is 24.1 Å². The molecule has 4 nitrogen and oxygen atoms in total. The number of amides is 1. The highest BCUT2D eigenvalue weighted by atomic mass is 16.4. The zero-order valence-corrected chi connectivity index (χ0v) is 11.2. The van der Waals surface area contributed by atoms with Gasteiger partial charge >= 0.3 is 5.97 Å². The molecule has 1 aromatic rings. The van der Waals surface area contributed by atoms with Crippen molar-refractivity contribution in [1.82, 2.24) is 5.32 Å². The number of hydrogen-bond acceptors (Lipinski definition) is 2. The van der Waals surface area contributed by atoms with Crippen molar-refractivity contribution < 1.29 is 14.7 Å². The number of carbonyl (C=O) groups is 2. The first kappa shape index (κ1) is 15.0. The minimum atomic E-state index is -1.13. The van der Waals surface area contributed by atoms with Crippen LogP contribution in [0.1, 0.15) is 37.3 Å². The van der Waals surface area contributed by atoms with Crippen molar-refractivity contribution in [3.63, 3.8) is 0 Å².